The molecule has 2 aliphatic heterocycles. The van der Waals surface area contributed by atoms with Gasteiger partial charge in [0.1, 0.15) is 11.8 Å². The van der Waals surface area contributed by atoms with Gasteiger partial charge < -0.3 is 30.1 Å². The number of amides is 4. The van der Waals surface area contributed by atoms with Crippen molar-refractivity contribution in [1.82, 2.24) is 15.1 Å². The van der Waals surface area contributed by atoms with Gasteiger partial charge in [0.05, 0.1) is 5.02 Å². The third-order valence-electron chi connectivity index (χ3n) is 6.95. The van der Waals surface area contributed by atoms with Crippen LogP contribution in [-0.2, 0) is 20.8 Å². The molecule has 0 saturated carbocycles. The van der Waals surface area contributed by atoms with Crippen molar-refractivity contribution >= 4 is 42.3 Å². The Morgan fingerprint density at radius 3 is 2.64 bits per heavy atom. The average molecular weight is 558 g/mol. The number of imide groups is 1. The van der Waals surface area contributed by atoms with Crippen molar-refractivity contribution in [2.24, 2.45) is 0 Å². The number of rotatable bonds is 7. The maximum atomic E-state index is 13.6. The normalized spacial score (nSPS) is 17.9. The number of nitrogens with one attached hydrogen (secondary N) is 1. The largest absolute Gasteiger partial charge is 0.536 e. The van der Waals surface area contributed by atoms with Crippen LogP contribution in [0.4, 0.5) is 4.79 Å². The summed E-state index contributed by atoms with van der Waals surface area (Å²) in [5, 5.41) is 32.7. The van der Waals surface area contributed by atoms with Gasteiger partial charge in [-0.05, 0) is 37.0 Å². The van der Waals surface area contributed by atoms with Gasteiger partial charge in [0, 0.05) is 37.4 Å². The van der Waals surface area contributed by atoms with Crippen LogP contribution in [0, 0.1) is 6.92 Å². The van der Waals surface area contributed by atoms with Crippen LogP contribution in [0.1, 0.15) is 42.5 Å². The SMILES string of the molecule is CCCN1CCN(C(=O)NC(C(=O)C[C@H]2Cc3cccc(C)c3OB2O)c2ccc(O)c(O)c2Cl)C(=O)C1=O. The fraction of sp³-hybridized carbons (Fsp3) is 0.385. The van der Waals surface area contributed by atoms with Crippen molar-refractivity contribution in [1.29, 1.82) is 0 Å². The molecule has 0 bridgehead atoms. The van der Waals surface area contributed by atoms with Gasteiger partial charge in [-0.2, -0.15) is 0 Å². The van der Waals surface area contributed by atoms with Gasteiger partial charge in [0.15, 0.2) is 17.3 Å². The number of piperazine rings is 1. The lowest BCUT2D eigenvalue weighted by Gasteiger charge is -2.33. The lowest BCUT2D eigenvalue weighted by atomic mass is 9.64. The van der Waals surface area contributed by atoms with E-state index in [1.807, 2.05) is 32.0 Å². The van der Waals surface area contributed by atoms with Crippen molar-refractivity contribution < 1.29 is 39.1 Å². The Morgan fingerprint density at radius 2 is 1.92 bits per heavy atom. The second kappa shape index (κ2) is 11.5. The summed E-state index contributed by atoms with van der Waals surface area (Å²) in [6, 6.07) is 5.43. The third kappa shape index (κ3) is 5.67. The van der Waals surface area contributed by atoms with E-state index in [1.165, 1.54) is 11.0 Å². The fourth-order valence-electron chi connectivity index (χ4n) is 4.87. The zero-order valence-corrected chi connectivity index (χ0v) is 22.3. The number of para-hydroxylation sites is 1. The number of hydrogen-bond acceptors (Lipinski definition) is 8. The van der Waals surface area contributed by atoms with E-state index in [-0.39, 0.29) is 30.1 Å². The number of halogens is 1. The number of aromatic hydroxyl groups is 2. The fourth-order valence-corrected chi connectivity index (χ4v) is 5.14. The molecule has 4 N–H and O–H groups in total. The molecule has 2 heterocycles. The summed E-state index contributed by atoms with van der Waals surface area (Å²) in [5.74, 6) is -3.78. The summed E-state index contributed by atoms with van der Waals surface area (Å²) in [7, 11) is -1.30. The Bertz CT molecular complexity index is 1320. The highest BCUT2D eigenvalue weighted by molar-refractivity contribution is 6.47. The number of phenols is 2. The summed E-state index contributed by atoms with van der Waals surface area (Å²) in [4.78, 5) is 54.0. The molecule has 39 heavy (non-hydrogen) atoms. The first kappa shape index (κ1) is 28.2. The first-order valence-electron chi connectivity index (χ1n) is 12.6. The summed E-state index contributed by atoms with van der Waals surface area (Å²) in [5.41, 5.74) is 1.62. The molecule has 1 saturated heterocycles. The lowest BCUT2D eigenvalue weighted by molar-refractivity contribution is -0.153. The highest BCUT2D eigenvalue weighted by Crippen LogP contribution is 2.40. The van der Waals surface area contributed by atoms with Gasteiger partial charge in [-0.3, -0.25) is 19.3 Å². The van der Waals surface area contributed by atoms with Crippen LogP contribution < -0.4 is 9.97 Å². The quantitative estimate of drug-likeness (QED) is 0.230. The van der Waals surface area contributed by atoms with Gasteiger partial charge in [-0.1, -0.05) is 42.8 Å². The molecule has 1 fully saturated rings. The monoisotopic (exact) mass is 557 g/mol. The van der Waals surface area contributed by atoms with Crippen molar-refractivity contribution in [2.75, 3.05) is 19.6 Å². The minimum Gasteiger partial charge on any atom is -0.536 e. The number of carbonyl (C=O) groups excluding carboxylic acids is 4. The van der Waals surface area contributed by atoms with Crippen molar-refractivity contribution in [3.05, 3.63) is 52.0 Å². The van der Waals surface area contributed by atoms with Crippen LogP contribution in [0.5, 0.6) is 17.2 Å². The number of ketones is 1. The van der Waals surface area contributed by atoms with E-state index < -0.39 is 54.1 Å². The Labute approximate surface area is 230 Å². The molecule has 0 aromatic heterocycles. The number of carbonyl (C=O) groups is 4. The highest BCUT2D eigenvalue weighted by Gasteiger charge is 2.41. The molecular formula is C26H29BClN3O8. The minimum absolute atomic E-state index is 0.0313. The van der Waals surface area contributed by atoms with E-state index in [1.54, 1.807) is 0 Å². The van der Waals surface area contributed by atoms with Crippen molar-refractivity contribution in [3.8, 4) is 17.2 Å². The number of benzene rings is 2. The number of fused-ring (bicyclic) bond motifs is 1. The molecule has 0 aliphatic carbocycles. The predicted octanol–water partition coefficient (Wildman–Crippen LogP) is 2.34. The second-order valence-corrected chi connectivity index (χ2v) is 10.1. The number of hydrogen-bond donors (Lipinski definition) is 4. The molecule has 0 spiro atoms. The number of aryl methyl sites for hydroxylation is 1. The lowest BCUT2D eigenvalue weighted by Crippen LogP contribution is -2.59. The van der Waals surface area contributed by atoms with Crippen LogP contribution in [0.15, 0.2) is 30.3 Å². The predicted molar refractivity (Wildman–Crippen MR) is 141 cm³/mol. The van der Waals surface area contributed by atoms with Gasteiger partial charge in [0.25, 0.3) is 0 Å². The topological polar surface area (TPSA) is 157 Å². The molecule has 206 valence electrons. The Morgan fingerprint density at radius 1 is 1.18 bits per heavy atom. The molecular weight excluding hydrogens is 529 g/mol. The van der Waals surface area contributed by atoms with Crippen LogP contribution >= 0.6 is 11.6 Å². The standard InChI is InChI=1S/C26H29BClN3O8/c1-3-9-30-10-11-31(25(36)24(30)35)26(37)29-21(17-7-8-18(32)22(34)20(17)28)19(33)13-16-12-15-6-4-5-14(2)23(15)39-27(16)38/h4-8,16,21,32,34,38H,3,9-13H2,1-2H3,(H,29,37)/t16-,21?/m1/s1. The summed E-state index contributed by atoms with van der Waals surface area (Å²) in [6.45, 7) is 4.15. The first-order valence-corrected chi connectivity index (χ1v) is 13.0. The summed E-state index contributed by atoms with van der Waals surface area (Å²) < 4.78 is 5.67. The molecule has 4 amide bonds. The smallest absolute Gasteiger partial charge is 0.526 e. The first-order chi connectivity index (χ1) is 18.5. The molecule has 0 radical (unpaired) electrons. The van der Waals surface area contributed by atoms with E-state index in [0.29, 0.717) is 25.1 Å². The number of phenolic OH excluding ortho intramolecular Hbond substituents is 2. The van der Waals surface area contributed by atoms with E-state index in [4.69, 9.17) is 16.3 Å². The van der Waals surface area contributed by atoms with Crippen molar-refractivity contribution in [2.45, 2.75) is 45.0 Å². The average Bonchev–Trinajstić information content (AvgIpc) is 2.90. The van der Waals surface area contributed by atoms with Gasteiger partial charge in [0.2, 0.25) is 0 Å². The van der Waals surface area contributed by atoms with Crippen LogP contribution in [-0.4, -0.2) is 75.4 Å². The van der Waals surface area contributed by atoms with Crippen molar-refractivity contribution in [3.63, 3.8) is 0 Å². The molecule has 4 rings (SSSR count). The van der Waals surface area contributed by atoms with Gasteiger partial charge in [-0.25, -0.2) is 4.79 Å². The van der Waals surface area contributed by atoms with E-state index in [2.05, 4.69) is 5.32 Å². The molecule has 1 unspecified atom stereocenters. The summed E-state index contributed by atoms with van der Waals surface area (Å²) in [6.07, 6.45) is 0.714. The van der Waals surface area contributed by atoms with E-state index >= 15 is 0 Å². The number of urea groups is 1. The highest BCUT2D eigenvalue weighted by atomic mass is 35.5. The number of Topliss-reactive ketones (excluding diaryl/α,β-unsaturated/α-hetero) is 1. The number of nitrogens with zero attached hydrogens (tertiary/aromatic N) is 2. The zero-order chi connectivity index (χ0) is 28.4. The Kier molecular flexibility index (Phi) is 8.36. The second-order valence-electron chi connectivity index (χ2n) is 9.67. The molecule has 2 aromatic carbocycles. The Hall–Kier alpha value is -3.77. The molecule has 13 heteroatoms. The third-order valence-corrected chi connectivity index (χ3v) is 7.35. The molecule has 2 aromatic rings. The van der Waals surface area contributed by atoms with Crippen LogP contribution in [0.2, 0.25) is 10.8 Å². The molecule has 11 nitrogen and oxygen atoms in total. The minimum atomic E-state index is -1.47. The molecule has 2 aliphatic rings. The van der Waals surface area contributed by atoms with E-state index in [0.717, 1.165) is 22.1 Å². The van der Waals surface area contributed by atoms with Crippen LogP contribution in [0.3, 0.4) is 0 Å². The zero-order valence-electron chi connectivity index (χ0n) is 21.5. The Balaban J connectivity index is 1.59. The maximum Gasteiger partial charge on any atom is 0.526 e. The summed E-state index contributed by atoms with van der Waals surface area (Å²) >= 11 is 6.24. The maximum absolute atomic E-state index is 13.6. The van der Waals surface area contributed by atoms with E-state index in [9.17, 15) is 34.4 Å². The molecule has 2 atom stereocenters. The van der Waals surface area contributed by atoms with Gasteiger partial charge >= 0.3 is 25.0 Å². The van der Waals surface area contributed by atoms with Gasteiger partial charge in [-0.15, -0.1) is 0 Å². The van der Waals surface area contributed by atoms with Crippen LogP contribution in [0.25, 0.3) is 0 Å².